The molecule has 140 valence electrons. The maximum atomic E-state index is 12.6. The summed E-state index contributed by atoms with van der Waals surface area (Å²) in [7, 11) is 1.63. The van der Waals surface area contributed by atoms with E-state index in [1.807, 2.05) is 25.1 Å². The summed E-state index contributed by atoms with van der Waals surface area (Å²) in [5.41, 5.74) is -0.377. The Hall–Kier alpha value is -2.77. The lowest BCUT2D eigenvalue weighted by Crippen LogP contribution is -2.43. The smallest absolute Gasteiger partial charge is 0.418 e. The van der Waals surface area contributed by atoms with E-state index in [0.717, 1.165) is 10.5 Å². The molecule has 0 aliphatic carbocycles. The zero-order chi connectivity index (χ0) is 19.1. The summed E-state index contributed by atoms with van der Waals surface area (Å²) in [6.45, 7) is 5.49. The van der Waals surface area contributed by atoms with Gasteiger partial charge in [-0.2, -0.15) is 0 Å². The van der Waals surface area contributed by atoms with Crippen LogP contribution in [0.1, 0.15) is 32.4 Å². The third-order valence-corrected chi connectivity index (χ3v) is 4.64. The molecular weight excluding hydrogens is 340 g/mol. The molecule has 3 rings (SSSR count). The van der Waals surface area contributed by atoms with Crippen molar-refractivity contribution in [3.8, 4) is 11.5 Å². The molecule has 1 aromatic carbocycles. The number of rotatable bonds is 4. The Morgan fingerprint density at radius 1 is 1.23 bits per heavy atom. The average molecular weight is 362 g/mol. The van der Waals surface area contributed by atoms with Gasteiger partial charge in [-0.15, -0.1) is 0 Å². The monoisotopic (exact) mass is 362 g/mol. The molecular formula is C18H22N2O6. The minimum absolute atomic E-state index is 0.278. The van der Waals surface area contributed by atoms with Crippen LogP contribution in [-0.4, -0.2) is 60.1 Å². The van der Waals surface area contributed by atoms with Crippen LogP contribution in [0.25, 0.3) is 0 Å². The second-order valence-electron chi connectivity index (χ2n) is 6.85. The molecule has 0 spiro atoms. The summed E-state index contributed by atoms with van der Waals surface area (Å²) in [6.07, 6.45) is -0.797. The summed E-state index contributed by atoms with van der Waals surface area (Å²) in [5.74, 6) is 0.432. The van der Waals surface area contributed by atoms with Crippen LogP contribution in [0.5, 0.6) is 11.5 Å². The van der Waals surface area contributed by atoms with Gasteiger partial charge in [-0.3, -0.25) is 9.59 Å². The van der Waals surface area contributed by atoms with Crippen LogP contribution in [0.3, 0.4) is 0 Å². The molecule has 0 unspecified atom stereocenters. The number of benzene rings is 1. The Balaban J connectivity index is 1.70. The first-order chi connectivity index (χ1) is 12.2. The Bertz CT molecular complexity index is 760. The molecule has 2 aliphatic heterocycles. The summed E-state index contributed by atoms with van der Waals surface area (Å²) >= 11 is 0. The molecule has 3 amide bonds. The molecule has 1 aromatic rings. The summed E-state index contributed by atoms with van der Waals surface area (Å²) in [6, 6.07) is 5.23. The molecule has 26 heavy (non-hydrogen) atoms. The maximum absolute atomic E-state index is 12.6. The van der Waals surface area contributed by atoms with Gasteiger partial charge >= 0.3 is 6.09 Å². The van der Waals surface area contributed by atoms with E-state index in [1.54, 1.807) is 7.05 Å². The minimum Gasteiger partial charge on any atom is -0.486 e. The van der Waals surface area contributed by atoms with Gasteiger partial charge in [0.15, 0.2) is 17.1 Å². The fourth-order valence-electron chi connectivity index (χ4n) is 2.87. The van der Waals surface area contributed by atoms with Crippen molar-refractivity contribution in [1.29, 1.82) is 0 Å². The number of ether oxygens (including phenoxy) is 3. The molecule has 1 fully saturated rings. The van der Waals surface area contributed by atoms with Crippen molar-refractivity contribution in [2.75, 3.05) is 26.8 Å². The summed E-state index contributed by atoms with van der Waals surface area (Å²) < 4.78 is 16.1. The standard InChI is InChI=1S/C18H22N2O6/c1-11(12-5-6-13-14(9-12)25-8-7-24-13)19(4)15(21)10-20-16(22)18(2,3)26-17(20)23/h5-6,9,11H,7-8,10H2,1-4H3/t11-/m0/s1. The number of fused-ring (bicyclic) bond motifs is 1. The lowest BCUT2D eigenvalue weighted by Gasteiger charge is -2.28. The molecule has 8 nitrogen and oxygen atoms in total. The number of carbonyl (C=O) groups is 3. The zero-order valence-electron chi connectivity index (χ0n) is 15.3. The highest BCUT2D eigenvalue weighted by atomic mass is 16.6. The van der Waals surface area contributed by atoms with Crippen LogP contribution >= 0.6 is 0 Å². The van der Waals surface area contributed by atoms with Crippen molar-refractivity contribution in [3.05, 3.63) is 23.8 Å². The molecule has 2 heterocycles. The van der Waals surface area contributed by atoms with E-state index in [0.29, 0.717) is 24.7 Å². The molecule has 2 aliphatic rings. The number of hydrogen-bond donors (Lipinski definition) is 0. The first kappa shape index (κ1) is 18.0. The number of cyclic esters (lactones) is 1. The zero-order valence-corrected chi connectivity index (χ0v) is 15.3. The third-order valence-electron chi connectivity index (χ3n) is 4.64. The predicted molar refractivity (Wildman–Crippen MR) is 90.9 cm³/mol. The number of carbonyl (C=O) groups excluding carboxylic acids is 3. The fraction of sp³-hybridized carbons (Fsp3) is 0.500. The SMILES string of the molecule is C[C@@H](c1ccc2c(c1)OCCO2)N(C)C(=O)CN1C(=O)OC(C)(C)C1=O. The maximum Gasteiger partial charge on any atom is 0.418 e. The van der Waals surface area contributed by atoms with Gasteiger partial charge in [0.2, 0.25) is 5.91 Å². The number of imide groups is 1. The van der Waals surface area contributed by atoms with E-state index < -0.39 is 17.6 Å². The number of amides is 3. The van der Waals surface area contributed by atoms with E-state index in [2.05, 4.69) is 0 Å². The summed E-state index contributed by atoms with van der Waals surface area (Å²) in [4.78, 5) is 38.9. The third kappa shape index (κ3) is 3.18. The van der Waals surface area contributed by atoms with E-state index >= 15 is 0 Å². The van der Waals surface area contributed by atoms with Gasteiger partial charge in [-0.1, -0.05) is 6.07 Å². The van der Waals surface area contributed by atoms with Gasteiger partial charge in [0.1, 0.15) is 19.8 Å². The number of nitrogens with zero attached hydrogens (tertiary/aromatic N) is 2. The van der Waals surface area contributed by atoms with E-state index in [-0.39, 0.29) is 18.5 Å². The van der Waals surface area contributed by atoms with E-state index in [1.165, 1.54) is 18.7 Å². The van der Waals surface area contributed by atoms with E-state index in [9.17, 15) is 14.4 Å². The Morgan fingerprint density at radius 2 is 1.88 bits per heavy atom. The van der Waals surface area contributed by atoms with Gasteiger partial charge < -0.3 is 19.1 Å². The van der Waals surface area contributed by atoms with E-state index in [4.69, 9.17) is 14.2 Å². The quantitative estimate of drug-likeness (QED) is 0.811. The van der Waals surface area contributed by atoms with Crippen molar-refractivity contribution in [2.24, 2.45) is 0 Å². The van der Waals surface area contributed by atoms with Crippen molar-refractivity contribution in [2.45, 2.75) is 32.4 Å². The molecule has 0 radical (unpaired) electrons. The topological polar surface area (TPSA) is 85.4 Å². The molecule has 1 saturated heterocycles. The fourth-order valence-corrected chi connectivity index (χ4v) is 2.87. The molecule has 8 heteroatoms. The first-order valence-electron chi connectivity index (χ1n) is 8.41. The highest BCUT2D eigenvalue weighted by Crippen LogP contribution is 2.34. The summed E-state index contributed by atoms with van der Waals surface area (Å²) in [5, 5.41) is 0. The molecule has 0 aromatic heterocycles. The second kappa shape index (κ2) is 6.51. The first-order valence-corrected chi connectivity index (χ1v) is 8.41. The highest BCUT2D eigenvalue weighted by Gasteiger charge is 2.48. The minimum atomic E-state index is -1.24. The normalized spacial score (nSPS) is 19.2. The Kier molecular flexibility index (Phi) is 4.52. The van der Waals surface area contributed by atoms with Crippen LogP contribution in [0.4, 0.5) is 4.79 Å². The van der Waals surface area contributed by atoms with Gasteiger partial charge in [0, 0.05) is 7.05 Å². The Morgan fingerprint density at radius 3 is 2.50 bits per heavy atom. The lowest BCUT2D eigenvalue weighted by atomic mass is 10.1. The van der Waals surface area contributed by atoms with Gasteiger partial charge in [-0.05, 0) is 38.5 Å². The second-order valence-corrected chi connectivity index (χ2v) is 6.85. The molecule has 1 atom stereocenters. The van der Waals surface area contributed by atoms with Crippen LogP contribution in [0.15, 0.2) is 18.2 Å². The largest absolute Gasteiger partial charge is 0.486 e. The van der Waals surface area contributed by atoms with Crippen LogP contribution in [-0.2, 0) is 14.3 Å². The van der Waals surface area contributed by atoms with Crippen molar-refractivity contribution >= 4 is 17.9 Å². The Labute approximate surface area is 151 Å². The van der Waals surface area contributed by atoms with Crippen LogP contribution in [0.2, 0.25) is 0 Å². The molecule has 0 bridgehead atoms. The van der Waals surface area contributed by atoms with Crippen molar-refractivity contribution in [1.82, 2.24) is 9.80 Å². The van der Waals surface area contributed by atoms with Gasteiger partial charge in [-0.25, -0.2) is 9.69 Å². The van der Waals surface area contributed by atoms with Gasteiger partial charge in [0.25, 0.3) is 5.91 Å². The van der Waals surface area contributed by atoms with Crippen LogP contribution < -0.4 is 9.47 Å². The molecule has 0 saturated carbocycles. The highest BCUT2D eigenvalue weighted by molar-refractivity contribution is 6.04. The van der Waals surface area contributed by atoms with Crippen LogP contribution in [0, 0.1) is 0 Å². The van der Waals surface area contributed by atoms with Gasteiger partial charge in [0.05, 0.1) is 6.04 Å². The van der Waals surface area contributed by atoms with Crippen molar-refractivity contribution < 1.29 is 28.6 Å². The van der Waals surface area contributed by atoms with Crippen molar-refractivity contribution in [3.63, 3.8) is 0 Å². The lowest BCUT2D eigenvalue weighted by molar-refractivity contribution is -0.140. The predicted octanol–water partition coefficient (Wildman–Crippen LogP) is 1.73. The average Bonchev–Trinajstić information content (AvgIpc) is 2.81. The number of likely N-dealkylation sites (N-methyl/N-ethyl adjacent to an activating group) is 1. The molecule has 0 N–H and O–H groups in total. The number of hydrogen-bond acceptors (Lipinski definition) is 6.